The van der Waals surface area contributed by atoms with Gasteiger partial charge in [-0.15, -0.1) is 5.73 Å². The van der Waals surface area contributed by atoms with Crippen molar-refractivity contribution in [2.24, 2.45) is 5.92 Å². The van der Waals surface area contributed by atoms with Crippen molar-refractivity contribution in [1.29, 1.82) is 0 Å². The van der Waals surface area contributed by atoms with E-state index in [1.807, 2.05) is 0 Å². The molecule has 1 aliphatic rings. The summed E-state index contributed by atoms with van der Waals surface area (Å²) in [5.74, 6) is 0.828. The zero-order valence-corrected chi connectivity index (χ0v) is 12.4. The molecule has 0 heterocycles. The van der Waals surface area contributed by atoms with Crippen LogP contribution in [0.2, 0.25) is 0 Å². The summed E-state index contributed by atoms with van der Waals surface area (Å²) in [7, 11) is 0. The van der Waals surface area contributed by atoms with Gasteiger partial charge in [0.05, 0.1) is 0 Å². The Kier molecular flexibility index (Phi) is 8.69. The lowest BCUT2D eigenvalue weighted by atomic mass is 9.97. The summed E-state index contributed by atoms with van der Waals surface area (Å²) < 4.78 is 0. The van der Waals surface area contributed by atoms with Crippen LogP contribution in [0.1, 0.15) is 78.1 Å². The number of unbranched alkanes of at least 4 members (excludes halogenated alkanes) is 4. The average Bonchev–Trinajstić information content (AvgIpc) is 2.82. The van der Waals surface area contributed by atoms with Gasteiger partial charge in [-0.25, -0.2) is 0 Å². The molecule has 0 bridgehead atoms. The van der Waals surface area contributed by atoms with E-state index in [1.165, 1.54) is 64.2 Å². The molecule has 0 aromatic heterocycles. The van der Waals surface area contributed by atoms with Gasteiger partial charge in [-0.3, -0.25) is 0 Å². The normalized spacial score (nSPS) is 21.0. The Morgan fingerprint density at radius 2 is 1.89 bits per heavy atom. The third kappa shape index (κ3) is 6.26. The van der Waals surface area contributed by atoms with Crippen LogP contribution in [-0.2, 0) is 0 Å². The molecule has 0 N–H and O–H groups in total. The second-order valence-electron chi connectivity index (χ2n) is 5.46. The second-order valence-corrected chi connectivity index (χ2v) is 5.46. The van der Waals surface area contributed by atoms with Gasteiger partial charge in [-0.1, -0.05) is 44.8 Å². The predicted molar refractivity (Wildman–Crippen MR) is 81.7 cm³/mol. The van der Waals surface area contributed by atoms with Gasteiger partial charge in [0.25, 0.3) is 0 Å². The molecule has 1 aliphatic carbocycles. The van der Waals surface area contributed by atoms with E-state index in [9.17, 15) is 0 Å². The Morgan fingerprint density at radius 1 is 1.11 bits per heavy atom. The van der Waals surface area contributed by atoms with Crippen LogP contribution >= 0.6 is 0 Å². The van der Waals surface area contributed by atoms with Crippen LogP contribution in [0.5, 0.6) is 0 Å². The molecular formula is C18H30. The van der Waals surface area contributed by atoms with Crippen LogP contribution < -0.4 is 0 Å². The van der Waals surface area contributed by atoms with Crippen molar-refractivity contribution < 1.29 is 0 Å². The molecule has 1 rings (SSSR count). The number of hydrogen-bond donors (Lipinski definition) is 0. The first kappa shape index (κ1) is 15.3. The fourth-order valence-electron chi connectivity index (χ4n) is 2.65. The Balaban J connectivity index is 2.31. The molecule has 0 saturated heterocycles. The van der Waals surface area contributed by atoms with Crippen LogP contribution in [-0.4, -0.2) is 0 Å². The van der Waals surface area contributed by atoms with E-state index in [0.29, 0.717) is 0 Å². The van der Waals surface area contributed by atoms with Crippen molar-refractivity contribution in [3.63, 3.8) is 0 Å². The van der Waals surface area contributed by atoms with Crippen molar-refractivity contribution in [2.75, 3.05) is 0 Å². The molecule has 0 heteroatoms. The fourth-order valence-corrected chi connectivity index (χ4v) is 2.65. The third-order valence-corrected chi connectivity index (χ3v) is 3.85. The quantitative estimate of drug-likeness (QED) is 0.272. The van der Waals surface area contributed by atoms with Gasteiger partial charge in [0.1, 0.15) is 0 Å². The second kappa shape index (κ2) is 10.2. The molecule has 0 aliphatic heterocycles. The smallest absolute Gasteiger partial charge is 0.0162 e. The minimum absolute atomic E-state index is 0.828. The Labute approximate surface area is 114 Å². The third-order valence-electron chi connectivity index (χ3n) is 3.85. The molecule has 0 spiro atoms. The molecule has 0 amide bonds. The van der Waals surface area contributed by atoms with Crippen LogP contribution in [0, 0.1) is 5.92 Å². The molecule has 102 valence electrons. The first-order chi connectivity index (χ1) is 8.88. The highest BCUT2D eigenvalue weighted by atomic mass is 14.2. The van der Waals surface area contributed by atoms with Crippen molar-refractivity contribution >= 4 is 0 Å². The molecule has 1 saturated carbocycles. The van der Waals surface area contributed by atoms with Gasteiger partial charge in [0, 0.05) is 0 Å². The molecule has 0 aromatic carbocycles. The van der Waals surface area contributed by atoms with E-state index in [2.05, 4.69) is 37.8 Å². The summed E-state index contributed by atoms with van der Waals surface area (Å²) in [6, 6.07) is 0. The average molecular weight is 246 g/mol. The van der Waals surface area contributed by atoms with E-state index in [4.69, 9.17) is 0 Å². The maximum absolute atomic E-state index is 3.36. The summed E-state index contributed by atoms with van der Waals surface area (Å²) in [5, 5.41) is 0. The monoisotopic (exact) mass is 246 g/mol. The molecule has 0 aromatic rings. The molecule has 18 heavy (non-hydrogen) atoms. The summed E-state index contributed by atoms with van der Waals surface area (Å²) in [6.07, 6.45) is 20.1. The number of allylic oxidation sites excluding steroid dienone is 3. The predicted octanol–water partition coefficient (Wildman–Crippen LogP) is 6.19. The minimum Gasteiger partial charge on any atom is -0.130 e. The molecular weight excluding hydrogens is 216 g/mol. The van der Waals surface area contributed by atoms with Crippen molar-refractivity contribution in [1.82, 2.24) is 0 Å². The first-order valence-electron chi connectivity index (χ1n) is 7.96. The van der Waals surface area contributed by atoms with E-state index in [-0.39, 0.29) is 0 Å². The van der Waals surface area contributed by atoms with E-state index < -0.39 is 0 Å². The Morgan fingerprint density at radius 3 is 2.67 bits per heavy atom. The van der Waals surface area contributed by atoms with Crippen molar-refractivity contribution in [3.05, 3.63) is 29.5 Å². The summed E-state index contributed by atoms with van der Waals surface area (Å²) >= 11 is 0. The standard InChI is InChI=1S/C18H30/c1-3-5-7-8-9-11-14-18-16-12-15-17(18)13-10-6-4-2/h8,11,13,18H,3-7,10,12,14-16H2,1-2H3/b17-13+. The lowest BCUT2D eigenvalue weighted by Gasteiger charge is -2.08. The van der Waals surface area contributed by atoms with E-state index in [0.717, 1.165) is 5.92 Å². The highest BCUT2D eigenvalue weighted by molar-refractivity contribution is 5.12. The maximum atomic E-state index is 3.36. The molecule has 1 atom stereocenters. The van der Waals surface area contributed by atoms with Gasteiger partial charge >= 0.3 is 0 Å². The lowest BCUT2D eigenvalue weighted by Crippen LogP contribution is -1.94. The molecule has 1 unspecified atom stereocenters. The maximum Gasteiger partial charge on any atom is -0.0162 e. The van der Waals surface area contributed by atoms with Crippen molar-refractivity contribution in [2.45, 2.75) is 78.1 Å². The largest absolute Gasteiger partial charge is 0.130 e. The van der Waals surface area contributed by atoms with Gasteiger partial charge < -0.3 is 0 Å². The van der Waals surface area contributed by atoms with Gasteiger partial charge in [0.2, 0.25) is 0 Å². The van der Waals surface area contributed by atoms with Crippen LogP contribution in [0.15, 0.2) is 29.5 Å². The van der Waals surface area contributed by atoms with Crippen LogP contribution in [0.3, 0.4) is 0 Å². The Hall–Kier alpha value is -0.740. The highest BCUT2D eigenvalue weighted by Crippen LogP contribution is 2.34. The zero-order valence-electron chi connectivity index (χ0n) is 12.4. The van der Waals surface area contributed by atoms with Gasteiger partial charge in [0.15, 0.2) is 0 Å². The van der Waals surface area contributed by atoms with Gasteiger partial charge in [-0.05, 0) is 63.0 Å². The van der Waals surface area contributed by atoms with Crippen LogP contribution in [0.25, 0.3) is 0 Å². The lowest BCUT2D eigenvalue weighted by molar-refractivity contribution is 0.634. The summed E-state index contributed by atoms with van der Waals surface area (Å²) in [4.78, 5) is 0. The highest BCUT2D eigenvalue weighted by Gasteiger charge is 2.18. The number of hydrogen-bond acceptors (Lipinski definition) is 0. The minimum atomic E-state index is 0.828. The fraction of sp³-hybridized carbons (Fsp3) is 0.722. The van der Waals surface area contributed by atoms with Crippen molar-refractivity contribution in [3.8, 4) is 0 Å². The molecule has 0 nitrogen and oxygen atoms in total. The Bertz CT molecular complexity index is 289. The van der Waals surface area contributed by atoms with Gasteiger partial charge in [-0.2, -0.15) is 0 Å². The topological polar surface area (TPSA) is 0 Å². The summed E-state index contributed by atoms with van der Waals surface area (Å²) in [6.45, 7) is 4.51. The zero-order chi connectivity index (χ0) is 13.1. The van der Waals surface area contributed by atoms with Crippen LogP contribution in [0.4, 0.5) is 0 Å². The summed E-state index contributed by atoms with van der Waals surface area (Å²) in [5.41, 5.74) is 5.09. The molecule has 1 fully saturated rings. The van der Waals surface area contributed by atoms with E-state index >= 15 is 0 Å². The number of rotatable bonds is 8. The SMILES string of the molecule is CCCCC=C=CCC1CCC/C1=C\CCCC. The van der Waals surface area contributed by atoms with E-state index in [1.54, 1.807) is 5.57 Å². The molecule has 0 radical (unpaired) electrons. The first-order valence-corrected chi connectivity index (χ1v) is 7.96.